The highest BCUT2D eigenvalue weighted by Crippen LogP contribution is 2.26. The van der Waals surface area contributed by atoms with Gasteiger partial charge in [-0.25, -0.2) is 4.79 Å². The number of primary amides is 1. The number of aromatic nitrogens is 1. The van der Waals surface area contributed by atoms with Crippen molar-refractivity contribution in [1.29, 1.82) is 5.26 Å². The zero-order valence-electron chi connectivity index (χ0n) is 11.1. The van der Waals surface area contributed by atoms with Crippen LogP contribution in [-0.4, -0.2) is 11.1 Å². The third kappa shape index (κ3) is 3.81. The van der Waals surface area contributed by atoms with Crippen molar-refractivity contribution < 1.29 is 9.53 Å². The van der Waals surface area contributed by atoms with Crippen LogP contribution in [-0.2, 0) is 10.2 Å². The molecule has 0 aliphatic rings. The Morgan fingerprint density at radius 2 is 2.42 bits per heavy atom. The maximum atomic E-state index is 10.9. The first-order valence-electron chi connectivity index (χ1n) is 5.85. The van der Waals surface area contributed by atoms with Crippen LogP contribution in [0.4, 0.5) is 4.79 Å². The number of nitrogens with zero attached hydrogens (tertiary/aromatic N) is 2. The lowest BCUT2D eigenvalue weighted by atomic mass is 9.86. The number of carbonyl (C=O) groups excluding carboxylic acids is 1. The number of hydrogen-bond donors (Lipinski definition) is 1. The molecule has 0 bridgehead atoms. The molecule has 0 radical (unpaired) electrons. The van der Waals surface area contributed by atoms with E-state index >= 15 is 0 Å². The quantitative estimate of drug-likeness (QED) is 0.823. The van der Waals surface area contributed by atoms with Crippen molar-refractivity contribution in [2.75, 3.05) is 0 Å². The fourth-order valence-corrected chi connectivity index (χ4v) is 1.60. The van der Waals surface area contributed by atoms with Crippen LogP contribution in [0.15, 0.2) is 31.0 Å². The first-order chi connectivity index (χ1) is 8.90. The summed E-state index contributed by atoms with van der Waals surface area (Å²) in [5, 5.41) is 9.13. The van der Waals surface area contributed by atoms with Crippen molar-refractivity contribution in [3.8, 4) is 6.07 Å². The lowest BCUT2D eigenvalue weighted by molar-refractivity contribution is 0.106. The van der Waals surface area contributed by atoms with Gasteiger partial charge >= 0.3 is 6.09 Å². The van der Waals surface area contributed by atoms with Gasteiger partial charge < -0.3 is 10.5 Å². The Labute approximate surface area is 112 Å². The molecule has 1 rings (SSSR count). The minimum Gasteiger partial charge on any atom is -0.440 e. The average Bonchev–Trinajstić information content (AvgIpc) is 2.38. The Balaban J connectivity index is 3.12. The Morgan fingerprint density at radius 3 is 2.95 bits per heavy atom. The van der Waals surface area contributed by atoms with E-state index in [4.69, 9.17) is 15.7 Å². The van der Waals surface area contributed by atoms with Crippen molar-refractivity contribution in [3.05, 3.63) is 42.2 Å². The summed E-state index contributed by atoms with van der Waals surface area (Å²) >= 11 is 0. The van der Waals surface area contributed by atoms with Gasteiger partial charge in [0.1, 0.15) is 6.10 Å². The summed E-state index contributed by atoms with van der Waals surface area (Å²) in [6.45, 7) is 7.23. The van der Waals surface area contributed by atoms with Crippen molar-refractivity contribution in [1.82, 2.24) is 4.98 Å². The molecule has 0 fully saturated rings. The number of nitrogens with two attached hydrogens (primary N) is 1. The second-order valence-electron chi connectivity index (χ2n) is 4.66. The van der Waals surface area contributed by atoms with Crippen LogP contribution in [0, 0.1) is 11.3 Å². The van der Waals surface area contributed by atoms with E-state index in [-0.39, 0.29) is 0 Å². The smallest absolute Gasteiger partial charge is 0.405 e. The maximum Gasteiger partial charge on any atom is 0.405 e. The SMILES string of the molecule is C=CC[C@H](OC(N)=O)c1cc(C(C)(C)C#N)ccn1. The molecule has 100 valence electrons. The lowest BCUT2D eigenvalue weighted by Gasteiger charge is -2.19. The molecule has 0 unspecified atom stereocenters. The summed E-state index contributed by atoms with van der Waals surface area (Å²) in [5.41, 5.74) is 5.76. The van der Waals surface area contributed by atoms with Gasteiger partial charge in [0.25, 0.3) is 0 Å². The standard InChI is InChI=1S/C14H17N3O2/c1-4-5-12(19-13(16)18)11-8-10(6-7-17-11)14(2,3)9-15/h4,6-8,12H,1,5H2,2-3H3,(H2,16,18)/t12-/m0/s1. The van der Waals surface area contributed by atoms with E-state index in [1.165, 1.54) is 0 Å². The normalized spacial score (nSPS) is 12.3. The topological polar surface area (TPSA) is 89.0 Å². The molecule has 1 aromatic rings. The maximum absolute atomic E-state index is 10.9. The van der Waals surface area contributed by atoms with Gasteiger partial charge in [-0.1, -0.05) is 6.08 Å². The van der Waals surface area contributed by atoms with Crippen LogP contribution in [0.5, 0.6) is 0 Å². The van der Waals surface area contributed by atoms with Gasteiger partial charge in [0.05, 0.1) is 17.2 Å². The van der Waals surface area contributed by atoms with Gasteiger partial charge in [-0.3, -0.25) is 4.98 Å². The zero-order chi connectivity index (χ0) is 14.5. The molecule has 1 aromatic heterocycles. The Kier molecular flexibility index (Phi) is 4.65. The molecular formula is C14H17N3O2. The molecule has 0 aromatic carbocycles. The molecule has 0 saturated carbocycles. The molecule has 0 spiro atoms. The molecule has 1 heterocycles. The van der Waals surface area contributed by atoms with Crippen molar-refractivity contribution in [2.24, 2.45) is 5.73 Å². The lowest BCUT2D eigenvalue weighted by Crippen LogP contribution is -2.19. The van der Waals surface area contributed by atoms with Gasteiger partial charge in [0.15, 0.2) is 0 Å². The number of hydrogen-bond acceptors (Lipinski definition) is 4. The predicted molar refractivity (Wildman–Crippen MR) is 71.1 cm³/mol. The second kappa shape index (κ2) is 6.01. The Bertz CT molecular complexity index is 518. The Hall–Kier alpha value is -2.35. The summed E-state index contributed by atoms with van der Waals surface area (Å²) in [6, 6.07) is 5.73. The fraction of sp³-hybridized carbons (Fsp3) is 0.357. The third-order valence-electron chi connectivity index (χ3n) is 2.75. The molecular weight excluding hydrogens is 242 g/mol. The Morgan fingerprint density at radius 1 is 1.74 bits per heavy atom. The summed E-state index contributed by atoms with van der Waals surface area (Å²) < 4.78 is 5.00. The molecule has 0 saturated heterocycles. The van der Waals surface area contributed by atoms with E-state index < -0.39 is 17.6 Å². The summed E-state index contributed by atoms with van der Waals surface area (Å²) in [7, 11) is 0. The summed E-state index contributed by atoms with van der Waals surface area (Å²) in [5.74, 6) is 0. The number of nitriles is 1. The minimum absolute atomic E-state index is 0.409. The molecule has 1 amide bonds. The van der Waals surface area contributed by atoms with Gasteiger partial charge in [0, 0.05) is 12.6 Å². The molecule has 1 atom stereocenters. The van der Waals surface area contributed by atoms with Gasteiger partial charge in [-0.2, -0.15) is 5.26 Å². The monoisotopic (exact) mass is 259 g/mol. The van der Waals surface area contributed by atoms with Crippen molar-refractivity contribution in [2.45, 2.75) is 31.8 Å². The highest BCUT2D eigenvalue weighted by Gasteiger charge is 2.22. The van der Waals surface area contributed by atoms with Gasteiger partial charge in [0.2, 0.25) is 0 Å². The van der Waals surface area contributed by atoms with Crippen LogP contribution in [0.1, 0.15) is 37.6 Å². The molecule has 19 heavy (non-hydrogen) atoms. The van der Waals surface area contributed by atoms with Crippen LogP contribution >= 0.6 is 0 Å². The van der Waals surface area contributed by atoms with E-state index in [1.807, 2.05) is 13.8 Å². The van der Waals surface area contributed by atoms with Crippen LogP contribution < -0.4 is 5.73 Å². The summed E-state index contributed by atoms with van der Waals surface area (Å²) in [4.78, 5) is 15.1. The first kappa shape index (κ1) is 14.7. The van der Waals surface area contributed by atoms with E-state index in [1.54, 1.807) is 24.4 Å². The van der Waals surface area contributed by atoms with E-state index in [0.29, 0.717) is 12.1 Å². The van der Waals surface area contributed by atoms with Crippen molar-refractivity contribution in [3.63, 3.8) is 0 Å². The highest BCUT2D eigenvalue weighted by atomic mass is 16.6. The minimum atomic E-state index is -0.862. The van der Waals surface area contributed by atoms with Crippen LogP contribution in [0.3, 0.4) is 0 Å². The number of carbonyl (C=O) groups is 1. The van der Waals surface area contributed by atoms with Crippen LogP contribution in [0.2, 0.25) is 0 Å². The first-order valence-corrected chi connectivity index (χ1v) is 5.85. The van der Waals surface area contributed by atoms with Gasteiger partial charge in [-0.05, 0) is 31.5 Å². The molecule has 5 nitrogen and oxygen atoms in total. The van der Waals surface area contributed by atoms with Gasteiger partial charge in [-0.15, -0.1) is 6.58 Å². The molecule has 2 N–H and O–H groups in total. The molecule has 0 aliphatic carbocycles. The van der Waals surface area contributed by atoms with Crippen molar-refractivity contribution >= 4 is 6.09 Å². The number of amides is 1. The van der Waals surface area contributed by atoms with Crippen LogP contribution in [0.25, 0.3) is 0 Å². The number of pyridine rings is 1. The molecule has 0 aliphatic heterocycles. The average molecular weight is 259 g/mol. The van der Waals surface area contributed by atoms with E-state index in [0.717, 1.165) is 5.56 Å². The largest absolute Gasteiger partial charge is 0.440 e. The highest BCUT2D eigenvalue weighted by molar-refractivity contribution is 5.65. The zero-order valence-corrected chi connectivity index (χ0v) is 11.1. The van der Waals surface area contributed by atoms with E-state index in [9.17, 15) is 4.79 Å². The van der Waals surface area contributed by atoms with E-state index in [2.05, 4.69) is 17.6 Å². The summed E-state index contributed by atoms with van der Waals surface area (Å²) in [6.07, 6.45) is 2.18. The predicted octanol–water partition coefficient (Wildman–Crippen LogP) is 2.60. The number of rotatable bonds is 5. The fourth-order valence-electron chi connectivity index (χ4n) is 1.60. The molecule has 5 heteroatoms. The number of ether oxygens (including phenoxy) is 1. The third-order valence-corrected chi connectivity index (χ3v) is 2.75. The second-order valence-corrected chi connectivity index (χ2v) is 4.66.